The molecule has 6 nitrogen and oxygen atoms in total. The van der Waals surface area contributed by atoms with Crippen molar-refractivity contribution in [3.05, 3.63) is 74.1 Å². The molecule has 0 aromatic heterocycles. The lowest BCUT2D eigenvalue weighted by molar-refractivity contribution is -0.384. The van der Waals surface area contributed by atoms with Gasteiger partial charge in [-0.25, -0.2) is 0 Å². The number of thiocarbonyl (C=S) groups is 1. The molecule has 2 aromatic rings. The first-order chi connectivity index (χ1) is 12.4. The Morgan fingerprint density at radius 2 is 1.85 bits per heavy atom. The fourth-order valence-electron chi connectivity index (χ4n) is 2.22. The van der Waals surface area contributed by atoms with Gasteiger partial charge in [0.25, 0.3) is 11.6 Å². The highest BCUT2D eigenvalue weighted by Crippen LogP contribution is 2.32. The van der Waals surface area contributed by atoms with E-state index in [-0.39, 0.29) is 18.3 Å². The number of hydrogen-bond donors (Lipinski definition) is 1. The highest BCUT2D eigenvalue weighted by molar-refractivity contribution is 8.26. The Labute approximate surface area is 164 Å². The molecule has 2 aromatic carbocycles. The predicted molar refractivity (Wildman–Crippen MR) is 108 cm³/mol. The summed E-state index contributed by atoms with van der Waals surface area (Å²) in [5.74, 6) is -0.190. The van der Waals surface area contributed by atoms with Gasteiger partial charge in [-0.1, -0.05) is 47.7 Å². The van der Waals surface area contributed by atoms with Gasteiger partial charge in [-0.2, -0.15) is 0 Å². The van der Waals surface area contributed by atoms with E-state index in [1.54, 1.807) is 30.3 Å². The molecule has 9 heteroatoms. The highest BCUT2D eigenvalue weighted by Gasteiger charge is 2.31. The molecule has 1 aliphatic heterocycles. The van der Waals surface area contributed by atoms with Gasteiger partial charge < -0.3 is 5.32 Å². The van der Waals surface area contributed by atoms with Crippen molar-refractivity contribution >= 4 is 63.3 Å². The summed E-state index contributed by atoms with van der Waals surface area (Å²) in [5.41, 5.74) is 1.52. The van der Waals surface area contributed by atoms with Crippen LogP contribution in [0.25, 0.3) is 6.08 Å². The number of carbonyl (C=O) groups is 1. The zero-order valence-corrected chi connectivity index (χ0v) is 15.6. The molecule has 3 rings (SSSR count). The number of benzene rings is 2. The molecule has 0 radical (unpaired) electrons. The van der Waals surface area contributed by atoms with Crippen LogP contribution in [0.5, 0.6) is 0 Å². The molecule has 0 atom stereocenters. The minimum absolute atomic E-state index is 0.00654. The molecule has 1 N–H and O–H groups in total. The third-order valence-electron chi connectivity index (χ3n) is 3.56. The summed E-state index contributed by atoms with van der Waals surface area (Å²) in [5, 5.41) is 14.3. The van der Waals surface area contributed by atoms with Crippen LogP contribution >= 0.6 is 35.6 Å². The van der Waals surface area contributed by atoms with Crippen LogP contribution in [0.3, 0.4) is 0 Å². The molecule has 0 bridgehead atoms. The van der Waals surface area contributed by atoms with Crippen molar-refractivity contribution in [1.29, 1.82) is 0 Å². The van der Waals surface area contributed by atoms with Gasteiger partial charge in [0.05, 0.1) is 16.5 Å². The average molecular weight is 406 g/mol. The van der Waals surface area contributed by atoms with E-state index in [0.29, 0.717) is 19.9 Å². The number of thioether (sulfide) groups is 1. The van der Waals surface area contributed by atoms with Crippen LogP contribution in [0.4, 0.5) is 11.4 Å². The Kier molecular flexibility index (Phi) is 5.55. The molecule has 1 heterocycles. The van der Waals surface area contributed by atoms with Crippen LogP contribution in [0, 0.1) is 10.1 Å². The molecule has 26 heavy (non-hydrogen) atoms. The van der Waals surface area contributed by atoms with Crippen LogP contribution in [0.15, 0.2) is 53.4 Å². The van der Waals surface area contributed by atoms with Gasteiger partial charge >= 0.3 is 0 Å². The Morgan fingerprint density at radius 3 is 2.46 bits per heavy atom. The average Bonchev–Trinajstić information content (AvgIpc) is 2.89. The second-order valence-electron chi connectivity index (χ2n) is 5.30. The normalized spacial score (nSPS) is 15.6. The number of anilines is 1. The fraction of sp³-hybridized carbons (Fsp3) is 0.0588. The van der Waals surface area contributed by atoms with E-state index in [1.807, 2.05) is 12.1 Å². The molecule has 0 spiro atoms. The zero-order valence-electron chi connectivity index (χ0n) is 13.2. The minimum atomic E-state index is -0.465. The smallest absolute Gasteiger partial charge is 0.269 e. The molecule has 0 unspecified atom stereocenters. The van der Waals surface area contributed by atoms with Gasteiger partial charge in [0.1, 0.15) is 4.32 Å². The number of nitrogens with one attached hydrogen (secondary N) is 1. The lowest BCUT2D eigenvalue weighted by Crippen LogP contribution is -2.33. The number of nitro groups is 1. The van der Waals surface area contributed by atoms with Crippen LogP contribution in [-0.4, -0.2) is 26.7 Å². The van der Waals surface area contributed by atoms with Crippen molar-refractivity contribution in [2.45, 2.75) is 0 Å². The van der Waals surface area contributed by atoms with Crippen LogP contribution in [0.1, 0.15) is 5.56 Å². The minimum Gasteiger partial charge on any atom is -0.367 e. The van der Waals surface area contributed by atoms with Crippen LogP contribution < -0.4 is 5.32 Å². The number of non-ortho nitro benzene ring substituents is 1. The fourth-order valence-corrected chi connectivity index (χ4v) is 3.60. The van der Waals surface area contributed by atoms with Crippen molar-refractivity contribution < 1.29 is 9.72 Å². The molecular weight excluding hydrogens is 394 g/mol. The number of nitro benzene ring substituents is 1. The summed E-state index contributed by atoms with van der Waals surface area (Å²) >= 11 is 12.4. The standard InChI is InChI=1S/C17H12ClN3O3S2/c18-12-3-1-11(2-4-12)9-15-16(22)20(17(25)26-15)10-19-13-5-7-14(8-6-13)21(23)24/h1-9,19H,10H2/b15-9-. The van der Waals surface area contributed by atoms with Crippen molar-refractivity contribution in [1.82, 2.24) is 4.90 Å². The van der Waals surface area contributed by atoms with E-state index >= 15 is 0 Å². The number of nitrogens with zero attached hydrogens (tertiary/aromatic N) is 2. The maximum atomic E-state index is 12.5. The van der Waals surface area contributed by atoms with E-state index in [1.165, 1.54) is 28.8 Å². The van der Waals surface area contributed by atoms with Gasteiger partial charge in [0.2, 0.25) is 0 Å². The Hall–Kier alpha value is -2.42. The molecular formula is C17H12ClN3O3S2. The van der Waals surface area contributed by atoms with E-state index in [4.69, 9.17) is 23.8 Å². The van der Waals surface area contributed by atoms with Gasteiger partial charge in [-0.3, -0.25) is 19.8 Å². The third kappa shape index (κ3) is 4.21. The Bertz CT molecular complexity index is 898. The zero-order chi connectivity index (χ0) is 18.7. The molecule has 0 aliphatic carbocycles. The number of amides is 1. The lowest BCUT2D eigenvalue weighted by atomic mass is 10.2. The molecule has 0 saturated carbocycles. The summed E-state index contributed by atoms with van der Waals surface area (Å²) in [6, 6.07) is 13.1. The van der Waals surface area contributed by atoms with E-state index in [2.05, 4.69) is 5.32 Å². The Morgan fingerprint density at radius 1 is 1.19 bits per heavy atom. The monoisotopic (exact) mass is 405 g/mol. The lowest BCUT2D eigenvalue weighted by Gasteiger charge is -2.16. The first-order valence-electron chi connectivity index (χ1n) is 7.43. The number of rotatable bonds is 5. The molecule has 1 saturated heterocycles. The van der Waals surface area contributed by atoms with E-state index in [9.17, 15) is 14.9 Å². The van der Waals surface area contributed by atoms with Gasteiger partial charge in [-0.15, -0.1) is 0 Å². The van der Waals surface area contributed by atoms with E-state index < -0.39 is 4.92 Å². The predicted octanol–water partition coefficient (Wildman–Crippen LogP) is 4.52. The molecule has 132 valence electrons. The number of halogens is 1. The van der Waals surface area contributed by atoms with E-state index in [0.717, 1.165) is 5.56 Å². The summed E-state index contributed by atoms with van der Waals surface area (Å²) in [6.45, 7) is 0.181. The summed E-state index contributed by atoms with van der Waals surface area (Å²) in [6.07, 6.45) is 1.77. The van der Waals surface area contributed by atoms with Crippen molar-refractivity contribution in [3.63, 3.8) is 0 Å². The Balaban J connectivity index is 1.67. The maximum Gasteiger partial charge on any atom is 0.269 e. The van der Waals surface area contributed by atoms with Gasteiger partial charge in [0.15, 0.2) is 0 Å². The summed E-state index contributed by atoms with van der Waals surface area (Å²) in [7, 11) is 0. The first-order valence-corrected chi connectivity index (χ1v) is 9.03. The second-order valence-corrected chi connectivity index (χ2v) is 7.41. The SMILES string of the molecule is O=C1/C(=C/c2ccc(Cl)cc2)SC(=S)N1CNc1ccc([N+](=O)[O-])cc1. The largest absolute Gasteiger partial charge is 0.367 e. The van der Waals surface area contributed by atoms with Crippen molar-refractivity contribution in [2.75, 3.05) is 12.0 Å². The van der Waals surface area contributed by atoms with Gasteiger partial charge in [0, 0.05) is 22.8 Å². The quantitative estimate of drug-likeness (QED) is 0.341. The number of carbonyl (C=O) groups excluding carboxylic acids is 1. The summed E-state index contributed by atoms with van der Waals surface area (Å²) in [4.78, 5) is 24.7. The molecule has 1 fully saturated rings. The highest BCUT2D eigenvalue weighted by atomic mass is 35.5. The molecule has 1 aliphatic rings. The third-order valence-corrected chi connectivity index (χ3v) is 5.19. The second kappa shape index (κ2) is 7.86. The number of hydrogen-bond acceptors (Lipinski definition) is 6. The van der Waals surface area contributed by atoms with Crippen molar-refractivity contribution in [2.24, 2.45) is 0 Å². The van der Waals surface area contributed by atoms with Crippen LogP contribution in [-0.2, 0) is 4.79 Å². The topological polar surface area (TPSA) is 75.5 Å². The molecule has 1 amide bonds. The van der Waals surface area contributed by atoms with Crippen LogP contribution in [0.2, 0.25) is 5.02 Å². The van der Waals surface area contributed by atoms with Gasteiger partial charge in [-0.05, 0) is 35.9 Å². The first kappa shape index (κ1) is 18.4. The maximum absolute atomic E-state index is 12.5. The van der Waals surface area contributed by atoms with Crippen molar-refractivity contribution in [3.8, 4) is 0 Å². The summed E-state index contributed by atoms with van der Waals surface area (Å²) < 4.78 is 0.449.